The molecule has 0 radical (unpaired) electrons. The first-order chi connectivity index (χ1) is 15.7. The number of carbonyl (C=O) groups is 2. The van der Waals surface area contributed by atoms with Crippen LogP contribution in [0.5, 0.6) is 0 Å². The van der Waals surface area contributed by atoms with Crippen LogP contribution in [0.1, 0.15) is 23.0 Å². The fraction of sp³-hybridized carbons (Fsp3) is 0.550. The molecule has 3 atom stereocenters. The van der Waals surface area contributed by atoms with Crippen LogP contribution in [0.3, 0.4) is 0 Å². The fourth-order valence-corrected chi connectivity index (χ4v) is 3.87. The molecule has 4 heterocycles. The first kappa shape index (κ1) is 24.6. The maximum Gasteiger partial charge on any atom is 0.490 e. The Hall–Kier alpha value is -3.06. The van der Waals surface area contributed by atoms with Crippen LogP contribution >= 0.6 is 0 Å². The monoisotopic (exact) mass is 470 g/mol. The average molecular weight is 470 g/mol. The zero-order valence-corrected chi connectivity index (χ0v) is 17.9. The number of hydrogen-bond acceptors (Lipinski definition) is 7. The van der Waals surface area contributed by atoms with Gasteiger partial charge in [0.1, 0.15) is 5.69 Å². The summed E-state index contributed by atoms with van der Waals surface area (Å²) in [4.78, 5) is 31.4. The van der Waals surface area contributed by atoms with Gasteiger partial charge in [-0.2, -0.15) is 18.3 Å². The normalized spacial score (nSPS) is 22.4. The molecule has 180 valence electrons. The Labute approximate surface area is 187 Å². The molecule has 2 aliphatic rings. The van der Waals surface area contributed by atoms with E-state index < -0.39 is 12.1 Å². The minimum Gasteiger partial charge on any atom is -0.475 e. The van der Waals surface area contributed by atoms with E-state index in [9.17, 15) is 18.0 Å². The second-order valence-electron chi connectivity index (χ2n) is 7.80. The number of likely N-dealkylation sites (tertiary alicyclic amines) is 1. The maximum absolute atomic E-state index is 12.2. The minimum atomic E-state index is -5.08. The van der Waals surface area contributed by atoms with Crippen LogP contribution in [0.15, 0.2) is 31.0 Å². The molecule has 33 heavy (non-hydrogen) atoms. The summed E-state index contributed by atoms with van der Waals surface area (Å²) >= 11 is 0. The largest absolute Gasteiger partial charge is 0.490 e. The molecule has 2 aromatic heterocycles. The molecule has 4 rings (SSSR count). The van der Waals surface area contributed by atoms with Crippen LogP contribution < -0.4 is 5.32 Å². The van der Waals surface area contributed by atoms with Crippen molar-refractivity contribution in [1.82, 2.24) is 30.0 Å². The quantitative estimate of drug-likeness (QED) is 0.646. The zero-order chi connectivity index (χ0) is 24.0. The van der Waals surface area contributed by atoms with E-state index in [-0.39, 0.29) is 12.0 Å². The van der Waals surface area contributed by atoms with Gasteiger partial charge in [0, 0.05) is 68.7 Å². The molecule has 2 aliphatic heterocycles. The predicted molar refractivity (Wildman–Crippen MR) is 108 cm³/mol. The Morgan fingerprint density at radius 2 is 2.03 bits per heavy atom. The number of fused-ring (bicyclic) bond motifs is 1. The Balaban J connectivity index is 0.000000383. The number of carboxylic acid groups (broad SMARTS) is 1. The number of hydrogen-bond donors (Lipinski definition) is 2. The lowest BCUT2D eigenvalue weighted by molar-refractivity contribution is -0.192. The van der Waals surface area contributed by atoms with Crippen molar-refractivity contribution in [3.63, 3.8) is 0 Å². The predicted octanol–water partition coefficient (Wildman–Crippen LogP) is 1.20. The van der Waals surface area contributed by atoms with Gasteiger partial charge < -0.3 is 15.2 Å². The molecule has 0 saturated carbocycles. The van der Waals surface area contributed by atoms with E-state index in [1.165, 1.54) is 18.0 Å². The van der Waals surface area contributed by atoms with E-state index in [2.05, 4.69) is 38.4 Å². The first-order valence-corrected chi connectivity index (χ1v) is 10.4. The van der Waals surface area contributed by atoms with Gasteiger partial charge in [-0.15, -0.1) is 0 Å². The molecule has 10 nitrogen and oxygen atoms in total. The summed E-state index contributed by atoms with van der Waals surface area (Å²) in [5.41, 5.74) is 1.59. The van der Waals surface area contributed by atoms with Crippen molar-refractivity contribution in [1.29, 1.82) is 0 Å². The van der Waals surface area contributed by atoms with Crippen molar-refractivity contribution in [3.05, 3.63) is 42.2 Å². The molecule has 0 aliphatic carbocycles. The first-order valence-electron chi connectivity index (χ1n) is 10.4. The molecular formula is C20H25F3N6O4. The molecule has 1 amide bonds. The molecule has 0 aromatic carbocycles. The van der Waals surface area contributed by atoms with Crippen molar-refractivity contribution in [3.8, 4) is 0 Å². The van der Waals surface area contributed by atoms with Crippen LogP contribution in [-0.2, 0) is 22.6 Å². The second-order valence-corrected chi connectivity index (χ2v) is 7.80. The highest BCUT2D eigenvalue weighted by molar-refractivity contribution is 5.91. The van der Waals surface area contributed by atoms with Gasteiger partial charge in [0.25, 0.3) is 5.91 Å². The summed E-state index contributed by atoms with van der Waals surface area (Å²) in [7, 11) is 0. The third-order valence-electron chi connectivity index (χ3n) is 5.49. The minimum absolute atomic E-state index is 0.177. The lowest BCUT2D eigenvalue weighted by atomic mass is 9.93. The topological polar surface area (TPSA) is 122 Å². The summed E-state index contributed by atoms with van der Waals surface area (Å²) in [5, 5.41) is 14.4. The molecule has 2 saturated heterocycles. The molecule has 2 fully saturated rings. The molecule has 0 spiro atoms. The highest BCUT2D eigenvalue weighted by Crippen LogP contribution is 2.34. The number of aliphatic carboxylic acids is 1. The van der Waals surface area contributed by atoms with Gasteiger partial charge in [0.15, 0.2) is 0 Å². The number of alkyl halides is 3. The average Bonchev–Trinajstić information content (AvgIpc) is 3.49. The maximum atomic E-state index is 12.2. The fourth-order valence-electron chi connectivity index (χ4n) is 3.87. The van der Waals surface area contributed by atoms with E-state index in [1.807, 2.05) is 10.9 Å². The molecule has 0 bridgehead atoms. The lowest BCUT2D eigenvalue weighted by Gasteiger charge is -2.19. The van der Waals surface area contributed by atoms with Gasteiger partial charge in [-0.1, -0.05) is 0 Å². The van der Waals surface area contributed by atoms with E-state index >= 15 is 0 Å². The van der Waals surface area contributed by atoms with Crippen LogP contribution in [0.2, 0.25) is 0 Å². The van der Waals surface area contributed by atoms with Crippen LogP contribution in [-0.4, -0.2) is 80.2 Å². The number of ether oxygens (including phenoxy) is 1. The molecule has 0 unspecified atom stereocenters. The van der Waals surface area contributed by atoms with E-state index in [4.69, 9.17) is 14.6 Å². The summed E-state index contributed by atoms with van der Waals surface area (Å²) in [6.45, 7) is 7.13. The number of halogens is 3. The Morgan fingerprint density at radius 3 is 2.64 bits per heavy atom. The highest BCUT2D eigenvalue weighted by atomic mass is 19.4. The van der Waals surface area contributed by atoms with Crippen LogP contribution in [0.4, 0.5) is 13.2 Å². The van der Waals surface area contributed by atoms with Gasteiger partial charge >= 0.3 is 12.1 Å². The van der Waals surface area contributed by atoms with Crippen LogP contribution in [0.25, 0.3) is 0 Å². The number of amides is 1. The van der Waals surface area contributed by atoms with Gasteiger partial charge in [0.05, 0.1) is 25.1 Å². The van der Waals surface area contributed by atoms with Crippen molar-refractivity contribution >= 4 is 11.9 Å². The van der Waals surface area contributed by atoms with Gasteiger partial charge in [-0.25, -0.2) is 9.78 Å². The number of aryl methyl sites for hydroxylation is 1. The van der Waals surface area contributed by atoms with Crippen molar-refractivity contribution in [2.45, 2.75) is 32.3 Å². The summed E-state index contributed by atoms with van der Waals surface area (Å²) in [6, 6.07) is 0. The number of carboxylic acids is 1. The summed E-state index contributed by atoms with van der Waals surface area (Å²) in [5.74, 6) is -2.14. The standard InChI is InChI=1S/C18H24N6O2.C2HF3O2/c1-2-24-9-13(5-22-24)8-23-10-15-14(12-26-17(15)11-23)6-21-18(25)16-7-19-3-4-20-16;3-2(4,5)1(6)7/h3-5,7,9,14-15,17H,2,6,8,10-12H2,1H3,(H,21,25);(H,6,7)/t14-,15-,17-;/m1./s1. The third-order valence-corrected chi connectivity index (χ3v) is 5.49. The second kappa shape index (κ2) is 10.7. The number of carbonyl (C=O) groups excluding carboxylic acids is 1. The number of nitrogens with one attached hydrogen (secondary N) is 1. The smallest absolute Gasteiger partial charge is 0.475 e. The zero-order valence-electron chi connectivity index (χ0n) is 17.9. The molecular weight excluding hydrogens is 445 g/mol. The molecule has 2 aromatic rings. The summed E-state index contributed by atoms with van der Waals surface area (Å²) in [6.07, 6.45) is 3.79. The van der Waals surface area contributed by atoms with Crippen molar-refractivity contribution in [2.24, 2.45) is 11.8 Å². The van der Waals surface area contributed by atoms with E-state index in [1.54, 1.807) is 6.20 Å². The van der Waals surface area contributed by atoms with Crippen LogP contribution in [0, 0.1) is 11.8 Å². The number of aromatic nitrogens is 4. The third kappa shape index (κ3) is 6.71. The van der Waals surface area contributed by atoms with Crippen molar-refractivity contribution in [2.75, 3.05) is 26.2 Å². The van der Waals surface area contributed by atoms with Gasteiger partial charge in [-0.3, -0.25) is 19.4 Å². The number of nitrogens with zero attached hydrogens (tertiary/aromatic N) is 5. The van der Waals surface area contributed by atoms with Gasteiger partial charge in [0.2, 0.25) is 0 Å². The van der Waals surface area contributed by atoms with E-state index in [0.29, 0.717) is 30.7 Å². The SMILES string of the molecule is CCn1cc(CN2C[C@@H]3[C@H](CNC(=O)c4cnccn4)CO[C@@H]3C2)cn1.O=C(O)C(F)(F)F. The lowest BCUT2D eigenvalue weighted by Crippen LogP contribution is -2.34. The molecule has 13 heteroatoms. The van der Waals surface area contributed by atoms with Crippen molar-refractivity contribution < 1.29 is 32.6 Å². The van der Waals surface area contributed by atoms with E-state index in [0.717, 1.165) is 26.2 Å². The highest BCUT2D eigenvalue weighted by Gasteiger charge is 2.43. The Kier molecular flexibility index (Phi) is 7.97. The summed E-state index contributed by atoms with van der Waals surface area (Å²) < 4.78 is 39.7. The molecule has 2 N–H and O–H groups in total. The number of rotatable bonds is 6. The Morgan fingerprint density at radius 1 is 1.27 bits per heavy atom. The Bertz CT molecular complexity index is 939. The van der Waals surface area contributed by atoms with Gasteiger partial charge in [-0.05, 0) is 6.92 Å².